The molecule has 0 aliphatic heterocycles. The zero-order valence-electron chi connectivity index (χ0n) is 10.7. The predicted octanol–water partition coefficient (Wildman–Crippen LogP) is 1.73. The number of nitriles is 2. The van der Waals surface area contributed by atoms with Crippen molar-refractivity contribution in [3.63, 3.8) is 0 Å². The molecule has 2 N–H and O–H groups in total. The molecule has 1 aromatic carbocycles. The van der Waals surface area contributed by atoms with Crippen molar-refractivity contribution in [1.29, 1.82) is 10.5 Å². The highest BCUT2D eigenvalue weighted by atomic mass is 35.5. The summed E-state index contributed by atoms with van der Waals surface area (Å²) < 4.78 is 2.50. The maximum atomic E-state index is 9.50. The molecule has 0 fully saturated rings. The van der Waals surface area contributed by atoms with E-state index in [1.165, 1.54) is 10.7 Å². The summed E-state index contributed by atoms with van der Waals surface area (Å²) in [5.74, 6) is 0.103. The molecule has 0 amide bonds. The molecule has 3 rings (SSSR count). The normalized spacial score (nSPS) is 10.2. The average Bonchev–Trinajstić information content (AvgIpc) is 2.97. The minimum absolute atomic E-state index is 0.103. The maximum Gasteiger partial charge on any atom is 0.351 e. The van der Waals surface area contributed by atoms with Crippen LogP contribution >= 0.6 is 11.6 Å². The summed E-state index contributed by atoms with van der Waals surface area (Å²) in [5.41, 5.74) is 7.71. The molecule has 0 unspecified atom stereocenters. The first-order valence-corrected chi connectivity index (χ1v) is 6.33. The van der Waals surface area contributed by atoms with Gasteiger partial charge in [0.15, 0.2) is 0 Å². The highest BCUT2D eigenvalue weighted by molar-refractivity contribution is 6.33. The molecular formula is C14H8ClN6+. The van der Waals surface area contributed by atoms with Crippen LogP contribution in [-0.2, 0) is 0 Å². The van der Waals surface area contributed by atoms with Crippen LogP contribution in [0.25, 0.3) is 16.8 Å². The summed E-state index contributed by atoms with van der Waals surface area (Å²) in [7, 11) is 0. The van der Waals surface area contributed by atoms with Crippen molar-refractivity contribution in [1.82, 2.24) is 9.61 Å². The Labute approximate surface area is 124 Å². The molecule has 0 saturated carbocycles. The number of hydrogen-bond acceptors (Lipinski definition) is 4. The standard InChI is InChI=1S/C14H7ClN6/c15-11-4-2-1-3-9(11)13-10(7-16)12-5-6-19-21(12)14(18)20(13)8-17/h1-6,18H/p+1. The van der Waals surface area contributed by atoms with Crippen molar-refractivity contribution < 1.29 is 4.57 Å². The third kappa shape index (κ3) is 1.78. The zero-order chi connectivity index (χ0) is 15.0. The molecule has 6 nitrogen and oxygen atoms in total. The van der Waals surface area contributed by atoms with E-state index < -0.39 is 0 Å². The van der Waals surface area contributed by atoms with Gasteiger partial charge in [-0.05, 0) is 17.4 Å². The SMILES string of the molecule is N#Cc1c(-c2ccccc2Cl)[n+](C#N)c(N)n2nccc12. The van der Waals surface area contributed by atoms with E-state index in [9.17, 15) is 10.5 Å². The molecule has 7 heteroatoms. The molecule has 21 heavy (non-hydrogen) atoms. The lowest BCUT2D eigenvalue weighted by Crippen LogP contribution is -2.38. The van der Waals surface area contributed by atoms with Gasteiger partial charge in [0.05, 0.1) is 11.2 Å². The van der Waals surface area contributed by atoms with Crippen LogP contribution in [-0.4, -0.2) is 9.61 Å². The predicted molar refractivity (Wildman–Crippen MR) is 76.0 cm³/mol. The van der Waals surface area contributed by atoms with Crippen molar-refractivity contribution in [3.8, 4) is 23.5 Å². The Bertz CT molecular complexity index is 944. The first kappa shape index (κ1) is 12.9. The van der Waals surface area contributed by atoms with E-state index in [-0.39, 0.29) is 11.5 Å². The monoisotopic (exact) mass is 295 g/mol. The van der Waals surface area contributed by atoms with Gasteiger partial charge in [-0.1, -0.05) is 29.8 Å². The smallest absolute Gasteiger partial charge is 0.307 e. The second kappa shape index (κ2) is 4.78. The lowest BCUT2D eigenvalue weighted by atomic mass is 10.1. The number of nitrogen functional groups attached to an aromatic ring is 1. The van der Waals surface area contributed by atoms with E-state index in [1.54, 1.807) is 30.3 Å². The van der Waals surface area contributed by atoms with Crippen LogP contribution in [0.3, 0.4) is 0 Å². The van der Waals surface area contributed by atoms with Gasteiger partial charge in [-0.15, -0.1) is 14.2 Å². The second-order valence-electron chi connectivity index (χ2n) is 4.24. The van der Waals surface area contributed by atoms with Gasteiger partial charge in [0.2, 0.25) is 0 Å². The molecule has 3 aromatic rings. The maximum absolute atomic E-state index is 9.50. The minimum Gasteiger partial charge on any atom is -0.307 e. The summed E-state index contributed by atoms with van der Waals surface area (Å²) in [5, 5.41) is 23.4. The Morgan fingerprint density at radius 3 is 2.67 bits per heavy atom. The van der Waals surface area contributed by atoms with Crippen molar-refractivity contribution in [2.75, 3.05) is 5.73 Å². The quantitative estimate of drug-likeness (QED) is 0.692. The van der Waals surface area contributed by atoms with Crippen molar-refractivity contribution >= 4 is 23.1 Å². The summed E-state index contributed by atoms with van der Waals surface area (Å²) >= 11 is 6.20. The Morgan fingerprint density at radius 2 is 2.00 bits per heavy atom. The number of hydrogen-bond donors (Lipinski definition) is 1. The van der Waals surface area contributed by atoms with Crippen LogP contribution in [0, 0.1) is 22.8 Å². The van der Waals surface area contributed by atoms with Gasteiger partial charge >= 0.3 is 12.1 Å². The molecule has 100 valence electrons. The van der Waals surface area contributed by atoms with Gasteiger partial charge in [0, 0.05) is 5.56 Å². The van der Waals surface area contributed by atoms with Crippen LogP contribution in [0.4, 0.5) is 5.95 Å². The summed E-state index contributed by atoms with van der Waals surface area (Å²) in [6.45, 7) is 0. The Hall–Kier alpha value is -3.09. The molecule has 0 radical (unpaired) electrons. The molecule has 0 saturated heterocycles. The number of nitrogens with two attached hydrogens (primary N) is 1. The van der Waals surface area contributed by atoms with Crippen molar-refractivity contribution in [3.05, 3.63) is 47.1 Å². The van der Waals surface area contributed by atoms with E-state index in [0.29, 0.717) is 21.8 Å². The number of anilines is 1. The minimum atomic E-state index is 0.103. The average molecular weight is 296 g/mol. The number of aromatic nitrogens is 3. The molecule has 0 bridgehead atoms. The molecular weight excluding hydrogens is 288 g/mol. The van der Waals surface area contributed by atoms with Crippen LogP contribution < -0.4 is 10.3 Å². The van der Waals surface area contributed by atoms with Crippen LogP contribution in [0.5, 0.6) is 0 Å². The fraction of sp³-hybridized carbons (Fsp3) is 0. The van der Waals surface area contributed by atoms with E-state index >= 15 is 0 Å². The first-order valence-electron chi connectivity index (χ1n) is 5.95. The van der Waals surface area contributed by atoms with Crippen LogP contribution in [0.1, 0.15) is 5.56 Å². The number of fused-ring (bicyclic) bond motifs is 1. The lowest BCUT2D eigenvalue weighted by Gasteiger charge is -2.09. The van der Waals surface area contributed by atoms with Crippen molar-refractivity contribution in [2.45, 2.75) is 0 Å². The Kier molecular flexibility index (Phi) is 2.94. The molecule has 0 atom stereocenters. The van der Waals surface area contributed by atoms with Gasteiger partial charge in [-0.2, -0.15) is 5.26 Å². The van der Waals surface area contributed by atoms with Gasteiger partial charge in [0.25, 0.3) is 0 Å². The summed E-state index contributed by atoms with van der Waals surface area (Å²) in [6.07, 6.45) is 3.49. The third-order valence-electron chi connectivity index (χ3n) is 3.15. The second-order valence-corrected chi connectivity index (χ2v) is 4.64. The van der Waals surface area contributed by atoms with Gasteiger partial charge in [-0.25, -0.2) is 0 Å². The highest BCUT2D eigenvalue weighted by Crippen LogP contribution is 2.30. The molecule has 0 aliphatic rings. The topological polar surface area (TPSA) is 94.8 Å². The third-order valence-corrected chi connectivity index (χ3v) is 3.48. The molecule has 0 aliphatic carbocycles. The highest BCUT2D eigenvalue weighted by Gasteiger charge is 2.25. The van der Waals surface area contributed by atoms with E-state index in [0.717, 1.165) is 4.57 Å². The fourth-order valence-corrected chi connectivity index (χ4v) is 2.46. The summed E-state index contributed by atoms with van der Waals surface area (Å²) in [6, 6.07) is 10.7. The van der Waals surface area contributed by atoms with Crippen LogP contribution in [0.15, 0.2) is 36.5 Å². The molecule has 2 heterocycles. The van der Waals surface area contributed by atoms with Crippen LogP contribution in [0.2, 0.25) is 5.02 Å². The number of rotatable bonds is 1. The first-order chi connectivity index (χ1) is 10.2. The largest absolute Gasteiger partial charge is 0.351 e. The fourth-order valence-electron chi connectivity index (χ4n) is 2.24. The van der Waals surface area contributed by atoms with Gasteiger partial charge < -0.3 is 5.73 Å². The number of halogens is 1. The zero-order valence-corrected chi connectivity index (χ0v) is 11.4. The number of benzene rings is 1. The van der Waals surface area contributed by atoms with E-state index in [4.69, 9.17) is 17.3 Å². The Morgan fingerprint density at radius 1 is 1.24 bits per heavy atom. The van der Waals surface area contributed by atoms with Gasteiger partial charge in [-0.3, -0.25) is 0 Å². The Balaban J connectivity index is 2.56. The van der Waals surface area contributed by atoms with E-state index in [1.807, 2.05) is 6.19 Å². The molecule has 2 aromatic heterocycles. The molecule has 0 spiro atoms. The van der Waals surface area contributed by atoms with E-state index in [2.05, 4.69) is 11.2 Å². The summed E-state index contributed by atoms with van der Waals surface area (Å²) in [4.78, 5) is 0. The lowest BCUT2D eigenvalue weighted by molar-refractivity contribution is -0.562. The van der Waals surface area contributed by atoms with Gasteiger partial charge in [0.1, 0.15) is 22.8 Å². The van der Waals surface area contributed by atoms with Crippen molar-refractivity contribution in [2.24, 2.45) is 0 Å². The number of nitrogens with zero attached hydrogens (tertiary/aromatic N) is 5.